The summed E-state index contributed by atoms with van der Waals surface area (Å²) < 4.78 is 5.22. The van der Waals surface area contributed by atoms with Crippen LogP contribution < -0.4 is 20.7 Å². The van der Waals surface area contributed by atoms with Crippen molar-refractivity contribution < 1.29 is 19.1 Å². The first-order valence-corrected chi connectivity index (χ1v) is 12.2. The van der Waals surface area contributed by atoms with E-state index in [1.165, 1.54) is 0 Å². The normalized spacial score (nSPS) is 15.6. The molecule has 188 valence electrons. The molecule has 1 saturated heterocycles. The van der Waals surface area contributed by atoms with E-state index in [2.05, 4.69) is 16.0 Å². The lowest BCUT2D eigenvalue weighted by Crippen LogP contribution is -2.55. The van der Waals surface area contributed by atoms with Crippen LogP contribution in [0, 0.1) is 12.8 Å². The van der Waals surface area contributed by atoms with Gasteiger partial charge in [0.15, 0.2) is 0 Å². The van der Waals surface area contributed by atoms with Crippen LogP contribution in [0.25, 0.3) is 0 Å². The van der Waals surface area contributed by atoms with Gasteiger partial charge in [0.25, 0.3) is 5.91 Å². The number of nitrogens with one attached hydrogen (secondary N) is 3. The number of aryl methyl sites for hydroxylation is 1. The smallest absolute Gasteiger partial charge is 0.321 e. The second kappa shape index (κ2) is 12.2. The molecule has 1 heterocycles. The monoisotopic (exact) mass is 480 g/mol. The van der Waals surface area contributed by atoms with Crippen LogP contribution in [-0.4, -0.2) is 55.0 Å². The van der Waals surface area contributed by atoms with Crippen LogP contribution in [0.2, 0.25) is 0 Å². The fraction of sp³-hybridized carbons (Fsp3) is 0.444. The Morgan fingerprint density at radius 1 is 1.06 bits per heavy atom. The van der Waals surface area contributed by atoms with Gasteiger partial charge in [0.1, 0.15) is 11.8 Å². The van der Waals surface area contributed by atoms with Crippen molar-refractivity contribution in [2.24, 2.45) is 5.92 Å². The quantitative estimate of drug-likeness (QED) is 0.532. The molecular weight excluding hydrogens is 444 g/mol. The Balaban J connectivity index is 1.66. The number of likely N-dealkylation sites (tertiary alicyclic amines) is 1. The van der Waals surface area contributed by atoms with Gasteiger partial charge in [-0.25, -0.2) is 4.79 Å². The molecule has 8 heteroatoms. The SMILES string of the molecule is CC[C@H](C)NC(=O)[C@@H](NC(=O)c1cccc(OC)c1)C1CCN(C(=O)Nc2ccc(C)cc2)CC1. The predicted octanol–water partition coefficient (Wildman–Crippen LogP) is 3.96. The van der Waals surface area contributed by atoms with Crippen LogP contribution in [0.4, 0.5) is 10.5 Å². The number of carbonyl (C=O) groups is 3. The van der Waals surface area contributed by atoms with Gasteiger partial charge in [-0.15, -0.1) is 0 Å². The maximum atomic E-state index is 13.1. The summed E-state index contributed by atoms with van der Waals surface area (Å²) in [6.45, 7) is 6.95. The third-order valence-electron chi connectivity index (χ3n) is 6.50. The molecule has 0 aliphatic carbocycles. The molecule has 1 fully saturated rings. The number of hydrogen-bond donors (Lipinski definition) is 3. The summed E-state index contributed by atoms with van der Waals surface area (Å²) in [6.07, 6.45) is 2.01. The molecule has 4 amide bonds. The van der Waals surface area contributed by atoms with Crippen molar-refractivity contribution in [3.05, 3.63) is 59.7 Å². The third kappa shape index (κ3) is 7.21. The molecule has 3 N–H and O–H groups in total. The first-order valence-electron chi connectivity index (χ1n) is 12.2. The Kier molecular flexibility index (Phi) is 9.11. The standard InChI is InChI=1S/C27H36N4O4/c1-5-19(3)28-26(33)24(30-25(32)21-7-6-8-23(17-21)35-4)20-13-15-31(16-14-20)27(34)29-22-11-9-18(2)10-12-22/h6-12,17,19-20,24H,5,13-16H2,1-4H3,(H,28,33)(H,29,34)(H,30,32)/t19-,24-/m0/s1. The highest BCUT2D eigenvalue weighted by atomic mass is 16.5. The van der Waals surface area contributed by atoms with Gasteiger partial charge in [-0.05, 0) is 69.4 Å². The van der Waals surface area contributed by atoms with E-state index in [0.717, 1.165) is 17.7 Å². The van der Waals surface area contributed by atoms with Gasteiger partial charge in [-0.3, -0.25) is 9.59 Å². The second-order valence-electron chi connectivity index (χ2n) is 9.12. The third-order valence-corrected chi connectivity index (χ3v) is 6.50. The summed E-state index contributed by atoms with van der Waals surface area (Å²) >= 11 is 0. The van der Waals surface area contributed by atoms with E-state index >= 15 is 0 Å². The van der Waals surface area contributed by atoms with Gasteiger partial charge >= 0.3 is 6.03 Å². The zero-order valence-corrected chi connectivity index (χ0v) is 21.0. The topological polar surface area (TPSA) is 99.8 Å². The molecule has 35 heavy (non-hydrogen) atoms. The van der Waals surface area contributed by atoms with Crippen LogP contribution in [-0.2, 0) is 4.79 Å². The second-order valence-corrected chi connectivity index (χ2v) is 9.12. The summed E-state index contributed by atoms with van der Waals surface area (Å²) in [4.78, 5) is 40.6. The van der Waals surface area contributed by atoms with Crippen LogP contribution in [0.5, 0.6) is 5.75 Å². The first kappa shape index (κ1) is 26.1. The van der Waals surface area contributed by atoms with Crippen molar-refractivity contribution in [2.45, 2.75) is 52.1 Å². The van der Waals surface area contributed by atoms with E-state index in [4.69, 9.17) is 4.74 Å². The van der Waals surface area contributed by atoms with Crippen molar-refractivity contribution in [1.82, 2.24) is 15.5 Å². The van der Waals surface area contributed by atoms with E-state index in [-0.39, 0.29) is 29.8 Å². The number of methoxy groups -OCH3 is 1. The fourth-order valence-corrected chi connectivity index (χ4v) is 4.10. The van der Waals surface area contributed by atoms with Crippen molar-refractivity contribution in [2.75, 3.05) is 25.5 Å². The van der Waals surface area contributed by atoms with Crippen molar-refractivity contribution in [3.8, 4) is 5.75 Å². The number of carbonyl (C=O) groups excluding carboxylic acids is 3. The van der Waals surface area contributed by atoms with Crippen molar-refractivity contribution in [3.63, 3.8) is 0 Å². The van der Waals surface area contributed by atoms with Crippen LogP contribution in [0.3, 0.4) is 0 Å². The largest absolute Gasteiger partial charge is 0.497 e. The molecule has 0 saturated carbocycles. The highest BCUT2D eigenvalue weighted by molar-refractivity contribution is 5.98. The Hall–Kier alpha value is -3.55. The summed E-state index contributed by atoms with van der Waals surface area (Å²) in [6, 6.07) is 13.7. The number of nitrogens with zero attached hydrogens (tertiary/aromatic N) is 1. The highest BCUT2D eigenvalue weighted by Gasteiger charge is 2.34. The van der Waals surface area contributed by atoms with Gasteiger partial charge in [0, 0.05) is 30.4 Å². The Bertz CT molecular complexity index is 1020. The maximum Gasteiger partial charge on any atom is 0.321 e. The average Bonchev–Trinajstić information content (AvgIpc) is 2.88. The number of urea groups is 1. The summed E-state index contributed by atoms with van der Waals surface area (Å²) in [5, 5.41) is 8.88. The number of piperidine rings is 1. The maximum absolute atomic E-state index is 13.1. The van der Waals surface area contributed by atoms with Gasteiger partial charge in [0.2, 0.25) is 5.91 Å². The van der Waals surface area contributed by atoms with Gasteiger partial charge in [-0.2, -0.15) is 0 Å². The first-order chi connectivity index (χ1) is 16.8. The number of anilines is 1. The van der Waals surface area contributed by atoms with E-state index in [9.17, 15) is 14.4 Å². The van der Waals surface area contributed by atoms with Crippen molar-refractivity contribution >= 4 is 23.5 Å². The predicted molar refractivity (Wildman–Crippen MR) is 137 cm³/mol. The summed E-state index contributed by atoms with van der Waals surface area (Å²) in [5.74, 6) is -0.0332. The van der Waals surface area contributed by atoms with E-state index in [0.29, 0.717) is 37.2 Å². The zero-order valence-electron chi connectivity index (χ0n) is 21.0. The van der Waals surface area contributed by atoms with Crippen LogP contribution in [0.15, 0.2) is 48.5 Å². The molecule has 0 bridgehead atoms. The Morgan fingerprint density at radius 3 is 2.37 bits per heavy atom. The minimum absolute atomic E-state index is 0.000836. The van der Waals surface area contributed by atoms with Gasteiger partial charge in [-0.1, -0.05) is 30.7 Å². The minimum atomic E-state index is -0.690. The van der Waals surface area contributed by atoms with E-state index < -0.39 is 6.04 Å². The molecule has 2 aromatic carbocycles. The molecule has 0 radical (unpaired) electrons. The molecule has 8 nitrogen and oxygen atoms in total. The number of benzene rings is 2. The number of rotatable bonds is 8. The lowest BCUT2D eigenvalue weighted by molar-refractivity contribution is -0.125. The van der Waals surface area contributed by atoms with Gasteiger partial charge in [0.05, 0.1) is 7.11 Å². The van der Waals surface area contributed by atoms with Crippen molar-refractivity contribution in [1.29, 1.82) is 0 Å². The Labute approximate surface area is 207 Å². The average molecular weight is 481 g/mol. The highest BCUT2D eigenvalue weighted by Crippen LogP contribution is 2.23. The fourth-order valence-electron chi connectivity index (χ4n) is 4.10. The molecule has 0 aromatic heterocycles. The van der Waals surface area contributed by atoms with Crippen LogP contribution in [0.1, 0.15) is 49.0 Å². The Morgan fingerprint density at radius 2 is 1.74 bits per heavy atom. The lowest BCUT2D eigenvalue weighted by Gasteiger charge is -2.36. The summed E-state index contributed by atoms with van der Waals surface area (Å²) in [5.41, 5.74) is 2.31. The molecular formula is C27H36N4O4. The molecule has 0 spiro atoms. The van der Waals surface area contributed by atoms with Crippen LogP contribution >= 0.6 is 0 Å². The zero-order chi connectivity index (χ0) is 25.4. The number of ether oxygens (including phenoxy) is 1. The molecule has 0 unspecified atom stereocenters. The summed E-state index contributed by atoms with van der Waals surface area (Å²) in [7, 11) is 1.54. The van der Waals surface area contributed by atoms with Gasteiger partial charge < -0.3 is 25.6 Å². The lowest BCUT2D eigenvalue weighted by atomic mass is 9.88. The minimum Gasteiger partial charge on any atom is -0.497 e. The van der Waals surface area contributed by atoms with E-state index in [1.54, 1.807) is 36.3 Å². The molecule has 2 atom stereocenters. The molecule has 1 aliphatic heterocycles. The molecule has 2 aromatic rings. The molecule has 1 aliphatic rings. The van der Waals surface area contributed by atoms with E-state index in [1.807, 2.05) is 45.0 Å². The molecule has 3 rings (SSSR count). The number of amides is 4. The number of hydrogen-bond acceptors (Lipinski definition) is 4.